The molecular weight excluding hydrogens is 372 g/mol. The zero-order valence-electron chi connectivity index (χ0n) is 15.1. The molecule has 1 aliphatic rings. The number of likely N-dealkylation sites (tertiary alicyclic amines) is 1. The minimum atomic E-state index is 0.0487. The fraction of sp³-hybridized carbons (Fsp3) is 0.238. The standard InChI is InChI=1S/C21H18N4O2S/c26-21(16-8-11-28-13-16)25-10-3-5-15(12-25)19-23-24-20(27-19)18-17-6-2-1-4-14(17)7-9-22-18/h1-2,4,6-9,11,13,15H,3,5,10,12H2/t15-/m1/s1. The highest BCUT2D eigenvalue weighted by atomic mass is 32.1. The number of thiophene rings is 1. The molecule has 28 heavy (non-hydrogen) atoms. The molecule has 0 radical (unpaired) electrons. The van der Waals surface area contributed by atoms with Crippen LogP contribution >= 0.6 is 11.3 Å². The van der Waals surface area contributed by atoms with Crippen LogP contribution in [0, 0.1) is 0 Å². The third-order valence-corrected chi connectivity index (χ3v) is 5.83. The lowest BCUT2D eigenvalue weighted by atomic mass is 9.97. The van der Waals surface area contributed by atoms with Crippen molar-refractivity contribution in [2.45, 2.75) is 18.8 Å². The zero-order chi connectivity index (χ0) is 18.9. The molecule has 0 spiro atoms. The molecule has 1 aromatic carbocycles. The molecule has 1 amide bonds. The highest BCUT2D eigenvalue weighted by molar-refractivity contribution is 7.08. The smallest absolute Gasteiger partial charge is 0.266 e. The second-order valence-corrected chi connectivity index (χ2v) is 7.71. The fourth-order valence-corrected chi connectivity index (χ4v) is 4.35. The highest BCUT2D eigenvalue weighted by Crippen LogP contribution is 2.31. The van der Waals surface area contributed by atoms with Crippen LogP contribution in [-0.2, 0) is 0 Å². The van der Waals surface area contributed by atoms with Gasteiger partial charge in [0.2, 0.25) is 5.89 Å². The molecule has 0 N–H and O–H groups in total. The van der Waals surface area contributed by atoms with Gasteiger partial charge < -0.3 is 9.32 Å². The summed E-state index contributed by atoms with van der Waals surface area (Å²) in [6.45, 7) is 1.36. The number of hydrogen-bond donors (Lipinski definition) is 0. The Morgan fingerprint density at radius 2 is 2.11 bits per heavy atom. The van der Waals surface area contributed by atoms with Gasteiger partial charge in [0.05, 0.1) is 11.5 Å². The van der Waals surface area contributed by atoms with Gasteiger partial charge in [0.1, 0.15) is 5.69 Å². The van der Waals surface area contributed by atoms with Crippen LogP contribution in [0.3, 0.4) is 0 Å². The third kappa shape index (κ3) is 3.07. The van der Waals surface area contributed by atoms with Crippen LogP contribution in [0.25, 0.3) is 22.4 Å². The second kappa shape index (κ2) is 7.16. The number of aromatic nitrogens is 3. The van der Waals surface area contributed by atoms with E-state index >= 15 is 0 Å². The summed E-state index contributed by atoms with van der Waals surface area (Å²) in [4.78, 5) is 19.0. The predicted octanol–water partition coefficient (Wildman–Crippen LogP) is 4.37. The van der Waals surface area contributed by atoms with E-state index in [1.165, 1.54) is 11.3 Å². The highest BCUT2D eigenvalue weighted by Gasteiger charge is 2.29. The molecular formula is C21H18N4O2S. The Balaban J connectivity index is 1.40. The van der Waals surface area contributed by atoms with Crippen molar-refractivity contribution >= 4 is 28.0 Å². The Morgan fingerprint density at radius 3 is 3.00 bits per heavy atom. The molecule has 6 nitrogen and oxygen atoms in total. The lowest BCUT2D eigenvalue weighted by molar-refractivity contribution is 0.0699. The number of piperidine rings is 1. The number of pyridine rings is 1. The summed E-state index contributed by atoms with van der Waals surface area (Å²) in [5.74, 6) is 1.12. The summed E-state index contributed by atoms with van der Waals surface area (Å²) in [7, 11) is 0. The van der Waals surface area contributed by atoms with Gasteiger partial charge in [-0.1, -0.05) is 24.3 Å². The van der Waals surface area contributed by atoms with Crippen LogP contribution in [0.15, 0.2) is 57.8 Å². The van der Waals surface area contributed by atoms with E-state index in [1.807, 2.05) is 52.1 Å². The van der Waals surface area contributed by atoms with Crippen molar-refractivity contribution < 1.29 is 9.21 Å². The van der Waals surface area contributed by atoms with Crippen molar-refractivity contribution in [2.75, 3.05) is 13.1 Å². The summed E-state index contributed by atoms with van der Waals surface area (Å²) in [6.07, 6.45) is 3.60. The summed E-state index contributed by atoms with van der Waals surface area (Å²) < 4.78 is 6.02. The van der Waals surface area contributed by atoms with Gasteiger partial charge in [-0.15, -0.1) is 10.2 Å². The van der Waals surface area contributed by atoms with E-state index in [2.05, 4.69) is 15.2 Å². The minimum Gasteiger partial charge on any atom is -0.419 e. The molecule has 140 valence electrons. The van der Waals surface area contributed by atoms with E-state index in [4.69, 9.17) is 4.42 Å². The molecule has 1 saturated heterocycles. The first kappa shape index (κ1) is 17.1. The monoisotopic (exact) mass is 390 g/mol. The molecule has 0 aliphatic carbocycles. The van der Waals surface area contributed by atoms with E-state index in [9.17, 15) is 4.79 Å². The number of fused-ring (bicyclic) bond motifs is 1. The van der Waals surface area contributed by atoms with Crippen LogP contribution in [0.5, 0.6) is 0 Å². The van der Waals surface area contributed by atoms with Gasteiger partial charge in [-0.3, -0.25) is 9.78 Å². The van der Waals surface area contributed by atoms with E-state index in [1.54, 1.807) is 6.20 Å². The number of carbonyl (C=O) groups is 1. The van der Waals surface area contributed by atoms with Crippen LogP contribution in [0.4, 0.5) is 0 Å². The molecule has 0 saturated carbocycles. The molecule has 1 atom stereocenters. The number of rotatable bonds is 3. The van der Waals surface area contributed by atoms with Gasteiger partial charge >= 0.3 is 0 Å². The first-order valence-corrected chi connectivity index (χ1v) is 10.2. The Hall–Kier alpha value is -3.06. The molecule has 1 aliphatic heterocycles. The van der Waals surface area contributed by atoms with E-state index in [0.29, 0.717) is 24.0 Å². The topological polar surface area (TPSA) is 72.1 Å². The Morgan fingerprint density at radius 1 is 1.18 bits per heavy atom. The van der Waals surface area contributed by atoms with Gasteiger partial charge in [-0.2, -0.15) is 11.3 Å². The Kier molecular flexibility index (Phi) is 4.37. The summed E-state index contributed by atoms with van der Waals surface area (Å²) in [5, 5.41) is 14.4. The van der Waals surface area contributed by atoms with Crippen molar-refractivity contribution in [2.24, 2.45) is 0 Å². The second-order valence-electron chi connectivity index (χ2n) is 6.93. The number of hydrogen-bond acceptors (Lipinski definition) is 6. The van der Waals surface area contributed by atoms with E-state index in [-0.39, 0.29) is 11.8 Å². The average Bonchev–Trinajstić information content (AvgIpc) is 3.45. The van der Waals surface area contributed by atoms with Crippen molar-refractivity contribution in [3.8, 4) is 11.6 Å². The molecule has 1 fully saturated rings. The van der Waals surface area contributed by atoms with E-state index < -0.39 is 0 Å². The molecule has 4 aromatic rings. The predicted molar refractivity (Wildman–Crippen MR) is 107 cm³/mol. The molecule has 0 bridgehead atoms. The number of benzene rings is 1. The van der Waals surface area contributed by atoms with Crippen LogP contribution in [0.1, 0.15) is 35.0 Å². The number of nitrogens with zero attached hydrogens (tertiary/aromatic N) is 4. The largest absolute Gasteiger partial charge is 0.419 e. The third-order valence-electron chi connectivity index (χ3n) is 5.14. The Labute approximate surface area is 165 Å². The quantitative estimate of drug-likeness (QED) is 0.519. The maximum atomic E-state index is 12.7. The molecule has 4 heterocycles. The van der Waals surface area contributed by atoms with Gasteiger partial charge in [0.25, 0.3) is 11.8 Å². The molecule has 3 aromatic heterocycles. The average molecular weight is 390 g/mol. The van der Waals surface area contributed by atoms with Crippen molar-refractivity contribution in [3.63, 3.8) is 0 Å². The fourth-order valence-electron chi connectivity index (χ4n) is 3.72. The van der Waals surface area contributed by atoms with Gasteiger partial charge in [0, 0.05) is 30.1 Å². The van der Waals surface area contributed by atoms with Crippen LogP contribution in [0.2, 0.25) is 0 Å². The van der Waals surface area contributed by atoms with Crippen LogP contribution in [-0.4, -0.2) is 39.1 Å². The van der Waals surface area contributed by atoms with E-state index in [0.717, 1.165) is 35.7 Å². The normalized spacial score (nSPS) is 17.1. The lowest BCUT2D eigenvalue weighted by Gasteiger charge is -2.30. The zero-order valence-corrected chi connectivity index (χ0v) is 15.9. The molecule has 0 unspecified atom stereocenters. The minimum absolute atomic E-state index is 0.0487. The summed E-state index contributed by atoms with van der Waals surface area (Å²) in [5.41, 5.74) is 1.44. The lowest BCUT2D eigenvalue weighted by Crippen LogP contribution is -2.39. The van der Waals surface area contributed by atoms with Crippen molar-refractivity contribution in [1.82, 2.24) is 20.1 Å². The molecule has 5 rings (SSSR count). The Bertz CT molecular complexity index is 1120. The number of amides is 1. The molecule has 7 heteroatoms. The summed E-state index contributed by atoms with van der Waals surface area (Å²) in [6, 6.07) is 11.8. The number of carbonyl (C=O) groups excluding carboxylic acids is 1. The maximum Gasteiger partial charge on any atom is 0.266 e. The van der Waals surface area contributed by atoms with Crippen molar-refractivity contribution in [1.29, 1.82) is 0 Å². The van der Waals surface area contributed by atoms with Crippen LogP contribution < -0.4 is 0 Å². The van der Waals surface area contributed by atoms with Gasteiger partial charge in [0.15, 0.2) is 0 Å². The maximum absolute atomic E-state index is 12.7. The first-order chi connectivity index (χ1) is 13.8. The van der Waals surface area contributed by atoms with Gasteiger partial charge in [-0.25, -0.2) is 0 Å². The van der Waals surface area contributed by atoms with Gasteiger partial charge in [-0.05, 0) is 35.7 Å². The SMILES string of the molecule is O=C(c1ccsc1)N1CCC[C@@H](c2nnc(-c3nccc4ccccc34)o2)C1. The summed E-state index contributed by atoms with van der Waals surface area (Å²) >= 11 is 1.54. The first-order valence-electron chi connectivity index (χ1n) is 9.28. The van der Waals surface area contributed by atoms with Crippen molar-refractivity contribution in [3.05, 3.63) is 64.8 Å².